The Labute approximate surface area is 125 Å². The monoisotopic (exact) mass is 324 g/mol. The van der Waals surface area contributed by atoms with E-state index in [4.69, 9.17) is 0 Å². The third-order valence-corrected chi connectivity index (χ3v) is 4.78. The highest BCUT2D eigenvalue weighted by Gasteiger charge is 2.24. The Balaban J connectivity index is 2.09. The summed E-state index contributed by atoms with van der Waals surface area (Å²) in [5.41, 5.74) is 4.09. The number of anilines is 1. The number of hydrogen-bond donors (Lipinski definition) is 0. The minimum absolute atomic E-state index is 0.722. The predicted octanol–water partition coefficient (Wildman–Crippen LogP) is 3.81. The summed E-state index contributed by atoms with van der Waals surface area (Å²) in [5, 5.41) is 0.927. The minimum Gasteiger partial charge on any atom is -0.373 e. The number of rotatable bonds is 5. The molecule has 0 aromatic heterocycles. The lowest BCUT2D eigenvalue weighted by molar-refractivity contribution is 0.270. The first-order chi connectivity index (χ1) is 9.15. The summed E-state index contributed by atoms with van der Waals surface area (Å²) in [6.07, 6.45) is 2.69. The third kappa shape index (κ3) is 3.51. The van der Waals surface area contributed by atoms with E-state index in [1.54, 1.807) is 0 Å². The van der Waals surface area contributed by atoms with Gasteiger partial charge < -0.3 is 4.90 Å². The van der Waals surface area contributed by atoms with E-state index >= 15 is 0 Å². The Morgan fingerprint density at radius 3 is 2.89 bits per heavy atom. The number of likely N-dealkylation sites (tertiary alicyclic amines) is 1. The largest absolute Gasteiger partial charge is 0.373 e. The summed E-state index contributed by atoms with van der Waals surface area (Å²) in [6.45, 7) is 8.02. The molecular formula is C16H25BrN2. The lowest BCUT2D eigenvalue weighted by atomic mass is 10.1. The van der Waals surface area contributed by atoms with Gasteiger partial charge in [0, 0.05) is 30.7 Å². The fourth-order valence-electron chi connectivity index (χ4n) is 3.13. The SMILES string of the molecule is CCN1CCCC1CN(C)c1ccc(C)cc1CBr. The van der Waals surface area contributed by atoms with Gasteiger partial charge >= 0.3 is 0 Å². The van der Waals surface area contributed by atoms with Crippen LogP contribution in [0.5, 0.6) is 0 Å². The number of alkyl halides is 1. The maximum absolute atomic E-state index is 3.61. The van der Waals surface area contributed by atoms with E-state index < -0.39 is 0 Å². The zero-order valence-electron chi connectivity index (χ0n) is 12.3. The zero-order valence-corrected chi connectivity index (χ0v) is 13.9. The fourth-order valence-corrected chi connectivity index (χ4v) is 3.58. The first-order valence-corrected chi connectivity index (χ1v) is 8.38. The van der Waals surface area contributed by atoms with Crippen molar-refractivity contribution < 1.29 is 0 Å². The van der Waals surface area contributed by atoms with E-state index in [2.05, 4.69) is 64.8 Å². The molecular weight excluding hydrogens is 300 g/mol. The first-order valence-electron chi connectivity index (χ1n) is 7.26. The standard InChI is InChI=1S/C16H25BrN2/c1-4-19-9-5-6-15(19)12-18(3)16-8-7-13(2)10-14(16)11-17/h7-8,10,15H,4-6,9,11-12H2,1-3H3. The molecule has 0 radical (unpaired) electrons. The smallest absolute Gasteiger partial charge is 0.0405 e. The Hall–Kier alpha value is -0.540. The molecule has 0 spiro atoms. The Bertz CT molecular complexity index is 419. The summed E-state index contributed by atoms with van der Waals surface area (Å²) in [7, 11) is 2.23. The van der Waals surface area contributed by atoms with Crippen molar-refractivity contribution in [2.24, 2.45) is 0 Å². The second kappa shape index (κ2) is 6.76. The predicted molar refractivity (Wildman–Crippen MR) is 87.3 cm³/mol. The first kappa shape index (κ1) is 14.9. The van der Waals surface area contributed by atoms with Crippen molar-refractivity contribution in [2.45, 2.75) is 38.1 Å². The molecule has 0 N–H and O–H groups in total. The molecule has 1 aliphatic rings. The Morgan fingerprint density at radius 2 is 2.21 bits per heavy atom. The van der Waals surface area contributed by atoms with Gasteiger partial charge in [-0.1, -0.05) is 40.5 Å². The summed E-state index contributed by atoms with van der Waals surface area (Å²) < 4.78 is 0. The molecule has 1 saturated heterocycles. The van der Waals surface area contributed by atoms with Crippen LogP contribution in [0.15, 0.2) is 18.2 Å². The van der Waals surface area contributed by atoms with Crippen molar-refractivity contribution in [3.8, 4) is 0 Å². The Kier molecular flexibility index (Phi) is 5.28. The summed E-state index contributed by atoms with van der Waals surface area (Å²) >= 11 is 3.61. The van der Waals surface area contributed by atoms with Gasteiger partial charge in [-0.15, -0.1) is 0 Å². The highest BCUT2D eigenvalue weighted by Crippen LogP contribution is 2.25. The number of aryl methyl sites for hydroxylation is 1. The number of hydrogen-bond acceptors (Lipinski definition) is 2. The van der Waals surface area contributed by atoms with Gasteiger partial charge in [0.15, 0.2) is 0 Å². The summed E-state index contributed by atoms with van der Waals surface area (Å²) in [6, 6.07) is 7.48. The molecule has 1 unspecified atom stereocenters. The fraction of sp³-hybridized carbons (Fsp3) is 0.625. The van der Waals surface area contributed by atoms with Crippen LogP contribution in [0, 0.1) is 6.92 Å². The lowest BCUT2D eigenvalue weighted by Crippen LogP contribution is -2.39. The maximum Gasteiger partial charge on any atom is 0.0405 e. The van der Waals surface area contributed by atoms with Gasteiger partial charge in [0.05, 0.1) is 0 Å². The van der Waals surface area contributed by atoms with Gasteiger partial charge in [0.1, 0.15) is 0 Å². The molecule has 106 valence electrons. The average molecular weight is 325 g/mol. The van der Waals surface area contributed by atoms with Crippen LogP contribution in [0.1, 0.15) is 30.9 Å². The van der Waals surface area contributed by atoms with E-state index in [1.165, 1.54) is 42.7 Å². The summed E-state index contributed by atoms with van der Waals surface area (Å²) in [4.78, 5) is 5.03. The van der Waals surface area contributed by atoms with E-state index in [9.17, 15) is 0 Å². The summed E-state index contributed by atoms with van der Waals surface area (Å²) in [5.74, 6) is 0. The van der Waals surface area contributed by atoms with E-state index in [0.29, 0.717) is 0 Å². The molecule has 1 aromatic rings. The number of halogens is 1. The molecule has 0 bridgehead atoms. The van der Waals surface area contributed by atoms with E-state index in [1.807, 2.05) is 0 Å². The zero-order chi connectivity index (χ0) is 13.8. The molecule has 1 heterocycles. The van der Waals surface area contributed by atoms with Gasteiger partial charge in [-0.3, -0.25) is 4.90 Å². The van der Waals surface area contributed by atoms with E-state index in [0.717, 1.165) is 17.9 Å². The average Bonchev–Trinajstić information content (AvgIpc) is 2.85. The molecule has 0 saturated carbocycles. The normalized spacial score (nSPS) is 19.9. The Morgan fingerprint density at radius 1 is 1.42 bits per heavy atom. The van der Waals surface area contributed by atoms with Crippen molar-refractivity contribution >= 4 is 21.6 Å². The van der Waals surface area contributed by atoms with Crippen molar-refractivity contribution in [3.05, 3.63) is 29.3 Å². The van der Waals surface area contributed by atoms with Crippen LogP contribution in [-0.2, 0) is 5.33 Å². The van der Waals surface area contributed by atoms with Crippen LogP contribution >= 0.6 is 15.9 Å². The highest BCUT2D eigenvalue weighted by molar-refractivity contribution is 9.08. The molecule has 1 aliphatic heterocycles. The molecule has 19 heavy (non-hydrogen) atoms. The van der Waals surface area contributed by atoms with Gasteiger partial charge in [-0.05, 0) is 44.5 Å². The van der Waals surface area contributed by atoms with Crippen LogP contribution < -0.4 is 4.90 Å². The third-order valence-electron chi connectivity index (χ3n) is 4.18. The molecule has 1 aromatic carbocycles. The molecule has 1 fully saturated rings. The quantitative estimate of drug-likeness (QED) is 0.760. The van der Waals surface area contributed by atoms with Crippen molar-refractivity contribution in [3.63, 3.8) is 0 Å². The van der Waals surface area contributed by atoms with Gasteiger partial charge in [-0.2, -0.15) is 0 Å². The van der Waals surface area contributed by atoms with Crippen LogP contribution in [0.25, 0.3) is 0 Å². The molecule has 0 aliphatic carbocycles. The van der Waals surface area contributed by atoms with Crippen LogP contribution in [0.3, 0.4) is 0 Å². The molecule has 2 rings (SSSR count). The van der Waals surface area contributed by atoms with Crippen LogP contribution in [0.2, 0.25) is 0 Å². The second-order valence-corrected chi connectivity index (χ2v) is 6.13. The number of likely N-dealkylation sites (N-methyl/N-ethyl adjacent to an activating group) is 2. The molecule has 3 heteroatoms. The van der Waals surface area contributed by atoms with Crippen molar-refractivity contribution in [2.75, 3.05) is 31.6 Å². The topological polar surface area (TPSA) is 6.48 Å². The van der Waals surface area contributed by atoms with E-state index in [-0.39, 0.29) is 0 Å². The highest BCUT2D eigenvalue weighted by atomic mass is 79.9. The van der Waals surface area contributed by atoms with Crippen molar-refractivity contribution in [1.82, 2.24) is 4.90 Å². The van der Waals surface area contributed by atoms with Crippen LogP contribution in [0.4, 0.5) is 5.69 Å². The number of nitrogens with zero attached hydrogens (tertiary/aromatic N) is 2. The lowest BCUT2D eigenvalue weighted by Gasteiger charge is -2.30. The maximum atomic E-state index is 3.61. The second-order valence-electron chi connectivity index (χ2n) is 5.57. The van der Waals surface area contributed by atoms with Gasteiger partial charge in [0.25, 0.3) is 0 Å². The van der Waals surface area contributed by atoms with Crippen LogP contribution in [-0.4, -0.2) is 37.6 Å². The minimum atomic E-state index is 0.722. The van der Waals surface area contributed by atoms with Gasteiger partial charge in [-0.25, -0.2) is 0 Å². The molecule has 1 atom stereocenters. The van der Waals surface area contributed by atoms with Crippen molar-refractivity contribution in [1.29, 1.82) is 0 Å². The molecule has 2 nitrogen and oxygen atoms in total. The van der Waals surface area contributed by atoms with Gasteiger partial charge in [0.2, 0.25) is 0 Å². The number of benzene rings is 1. The molecule has 0 amide bonds.